The van der Waals surface area contributed by atoms with Gasteiger partial charge in [-0.3, -0.25) is 14.4 Å². The number of rotatable bonds is 45. The highest BCUT2D eigenvalue weighted by atomic mass is 16.6. The first-order valence-electron chi connectivity index (χ1n) is 25.6. The zero-order chi connectivity index (χ0) is 45.1. The fourth-order valence-electron chi connectivity index (χ4n) is 6.76. The Morgan fingerprint density at radius 3 is 1.11 bits per heavy atom. The Morgan fingerprint density at radius 1 is 0.339 bits per heavy atom. The molecule has 1 atom stereocenters. The molecule has 0 aromatic carbocycles. The molecule has 0 rings (SSSR count). The van der Waals surface area contributed by atoms with Crippen LogP contribution >= 0.6 is 0 Å². The highest BCUT2D eigenvalue weighted by molar-refractivity contribution is 5.71. The Kier molecular flexibility index (Phi) is 47.5. The molecule has 354 valence electrons. The smallest absolute Gasteiger partial charge is 0.306 e. The van der Waals surface area contributed by atoms with E-state index in [1.54, 1.807) is 0 Å². The van der Waals surface area contributed by atoms with Gasteiger partial charge in [0.2, 0.25) is 0 Å². The third-order valence-electron chi connectivity index (χ3n) is 10.6. The molecule has 6 heteroatoms. The number of allylic oxidation sites excluding steroid dienone is 14. The average Bonchev–Trinajstić information content (AvgIpc) is 3.27. The van der Waals surface area contributed by atoms with Gasteiger partial charge in [-0.25, -0.2) is 0 Å². The topological polar surface area (TPSA) is 78.9 Å². The van der Waals surface area contributed by atoms with Gasteiger partial charge in [-0.2, -0.15) is 0 Å². The molecule has 0 saturated heterocycles. The molecule has 0 amide bonds. The number of carbonyl (C=O) groups is 3. The maximum absolute atomic E-state index is 12.8. The first kappa shape index (κ1) is 58.6. The van der Waals surface area contributed by atoms with Crippen LogP contribution in [0.2, 0.25) is 0 Å². The maximum Gasteiger partial charge on any atom is 0.306 e. The molecule has 0 radical (unpaired) electrons. The second kappa shape index (κ2) is 50.2. The third kappa shape index (κ3) is 47.6. The lowest BCUT2D eigenvalue weighted by Gasteiger charge is -2.18. The van der Waals surface area contributed by atoms with Gasteiger partial charge in [0, 0.05) is 19.3 Å². The van der Waals surface area contributed by atoms with Gasteiger partial charge in [-0.15, -0.1) is 0 Å². The average molecular weight is 863 g/mol. The predicted octanol–water partition coefficient (Wildman–Crippen LogP) is 16.8. The van der Waals surface area contributed by atoms with Crippen molar-refractivity contribution in [3.8, 4) is 0 Å². The summed E-state index contributed by atoms with van der Waals surface area (Å²) in [7, 11) is 0. The molecule has 0 heterocycles. The van der Waals surface area contributed by atoms with Crippen molar-refractivity contribution in [3.63, 3.8) is 0 Å². The highest BCUT2D eigenvalue weighted by Gasteiger charge is 2.19. The minimum absolute atomic E-state index is 0.105. The SMILES string of the molecule is CC/C=C\C/C=C\CCCCCCCCCC(=O)OC(COC(=O)CCC/C=C\C/C=C\C/C=C\C/C=C\CCCCC)COC(=O)CCCCC/C=C\CCCCCCCC. The number of hydrogen-bond donors (Lipinski definition) is 0. The van der Waals surface area contributed by atoms with Gasteiger partial charge in [-0.1, -0.05) is 189 Å². The van der Waals surface area contributed by atoms with Crippen molar-refractivity contribution >= 4 is 17.9 Å². The quantitative estimate of drug-likeness (QED) is 0.0263. The minimum atomic E-state index is -0.808. The van der Waals surface area contributed by atoms with Crippen LogP contribution in [0, 0.1) is 0 Å². The molecule has 0 fully saturated rings. The van der Waals surface area contributed by atoms with Gasteiger partial charge in [-0.05, 0) is 109 Å². The summed E-state index contributed by atoms with van der Waals surface area (Å²) in [5.74, 6) is -0.989. The number of esters is 3. The third-order valence-corrected chi connectivity index (χ3v) is 10.6. The van der Waals surface area contributed by atoms with Crippen LogP contribution in [-0.2, 0) is 28.6 Å². The van der Waals surface area contributed by atoms with E-state index < -0.39 is 6.10 Å². The Bertz CT molecular complexity index is 1220. The molecule has 6 nitrogen and oxygen atoms in total. The summed E-state index contributed by atoms with van der Waals surface area (Å²) in [5, 5.41) is 0. The van der Waals surface area contributed by atoms with Crippen molar-refractivity contribution in [1.82, 2.24) is 0 Å². The van der Waals surface area contributed by atoms with E-state index in [0.717, 1.165) is 96.3 Å². The van der Waals surface area contributed by atoms with E-state index in [9.17, 15) is 14.4 Å². The molecule has 62 heavy (non-hydrogen) atoms. The lowest BCUT2D eigenvalue weighted by Crippen LogP contribution is -2.30. The minimum Gasteiger partial charge on any atom is -0.462 e. The predicted molar refractivity (Wildman–Crippen MR) is 265 cm³/mol. The van der Waals surface area contributed by atoms with Gasteiger partial charge in [0.05, 0.1) is 0 Å². The van der Waals surface area contributed by atoms with Crippen LogP contribution in [0.4, 0.5) is 0 Å². The lowest BCUT2D eigenvalue weighted by atomic mass is 10.1. The standard InChI is InChI=1S/C56H94O6/c1-4-7-10-13-16-19-22-25-27-28-29-32-34-37-40-43-46-49-55(58)61-52-53(51-60-54(57)48-45-42-39-36-33-30-24-21-18-15-12-9-6-3)62-56(59)50-47-44-41-38-35-31-26-23-20-17-14-11-8-5-2/h8,11,16-17,19-20,25,27,29-30,32-33,37,40,53H,4-7,9-10,12-15,18,21-24,26,28,31,34-36,38-39,41-52H2,1-3H3/b11-8-,19-16-,20-17-,27-25-,32-29-,33-30-,40-37-. The molecule has 0 aromatic heterocycles. The summed E-state index contributed by atoms with van der Waals surface area (Å²) in [6.45, 7) is 6.42. The van der Waals surface area contributed by atoms with Crippen LogP contribution in [0.1, 0.15) is 233 Å². The summed E-state index contributed by atoms with van der Waals surface area (Å²) >= 11 is 0. The van der Waals surface area contributed by atoms with Crippen LogP contribution in [0.5, 0.6) is 0 Å². The molecule has 0 aliphatic heterocycles. The van der Waals surface area contributed by atoms with Crippen molar-refractivity contribution in [3.05, 3.63) is 85.1 Å². The van der Waals surface area contributed by atoms with E-state index in [1.807, 2.05) is 0 Å². The van der Waals surface area contributed by atoms with Crippen molar-refractivity contribution < 1.29 is 28.6 Å². The molecule has 0 aliphatic rings. The Balaban J connectivity index is 4.50. The molecular weight excluding hydrogens is 769 g/mol. The Hall–Kier alpha value is -3.41. The van der Waals surface area contributed by atoms with Crippen LogP contribution in [-0.4, -0.2) is 37.2 Å². The van der Waals surface area contributed by atoms with Crippen LogP contribution in [0.25, 0.3) is 0 Å². The number of unbranched alkanes of at least 4 members (excludes halogenated alkanes) is 20. The number of ether oxygens (including phenoxy) is 3. The zero-order valence-electron chi connectivity index (χ0n) is 40.4. The number of hydrogen-bond acceptors (Lipinski definition) is 6. The summed E-state index contributed by atoms with van der Waals surface area (Å²) in [4.78, 5) is 37.9. The zero-order valence-corrected chi connectivity index (χ0v) is 40.4. The van der Waals surface area contributed by atoms with Crippen LogP contribution in [0.3, 0.4) is 0 Å². The molecule has 0 saturated carbocycles. The highest BCUT2D eigenvalue weighted by Crippen LogP contribution is 2.13. The van der Waals surface area contributed by atoms with Gasteiger partial charge >= 0.3 is 17.9 Å². The Morgan fingerprint density at radius 2 is 0.645 bits per heavy atom. The number of carbonyl (C=O) groups excluding carboxylic acids is 3. The van der Waals surface area contributed by atoms with E-state index in [-0.39, 0.29) is 37.5 Å². The monoisotopic (exact) mass is 863 g/mol. The maximum atomic E-state index is 12.8. The Labute approximate surface area is 382 Å². The van der Waals surface area contributed by atoms with E-state index >= 15 is 0 Å². The van der Waals surface area contributed by atoms with Crippen LogP contribution < -0.4 is 0 Å². The van der Waals surface area contributed by atoms with E-state index in [0.29, 0.717) is 19.3 Å². The van der Waals surface area contributed by atoms with Crippen molar-refractivity contribution in [1.29, 1.82) is 0 Å². The summed E-state index contributed by atoms with van der Waals surface area (Å²) in [6.07, 6.45) is 64.3. The van der Waals surface area contributed by atoms with E-state index in [1.165, 1.54) is 89.9 Å². The molecule has 0 bridgehead atoms. The first-order chi connectivity index (χ1) is 30.5. The first-order valence-corrected chi connectivity index (χ1v) is 25.6. The fourth-order valence-corrected chi connectivity index (χ4v) is 6.76. The lowest BCUT2D eigenvalue weighted by molar-refractivity contribution is -0.167. The van der Waals surface area contributed by atoms with E-state index in [4.69, 9.17) is 14.2 Å². The van der Waals surface area contributed by atoms with Gasteiger partial charge in [0.1, 0.15) is 13.2 Å². The van der Waals surface area contributed by atoms with Crippen molar-refractivity contribution in [2.24, 2.45) is 0 Å². The summed E-state index contributed by atoms with van der Waals surface area (Å²) < 4.78 is 16.7. The second-order valence-electron chi connectivity index (χ2n) is 16.7. The molecule has 0 N–H and O–H groups in total. The van der Waals surface area contributed by atoms with Gasteiger partial charge in [0.25, 0.3) is 0 Å². The summed E-state index contributed by atoms with van der Waals surface area (Å²) in [6, 6.07) is 0. The van der Waals surface area contributed by atoms with Gasteiger partial charge < -0.3 is 14.2 Å². The molecule has 0 aromatic rings. The molecule has 0 spiro atoms. The van der Waals surface area contributed by atoms with Crippen LogP contribution in [0.15, 0.2) is 85.1 Å². The second-order valence-corrected chi connectivity index (χ2v) is 16.7. The molecule has 0 aliphatic carbocycles. The molecule has 1 unspecified atom stereocenters. The van der Waals surface area contributed by atoms with Crippen molar-refractivity contribution in [2.45, 2.75) is 239 Å². The van der Waals surface area contributed by atoms with Crippen molar-refractivity contribution in [2.75, 3.05) is 13.2 Å². The largest absolute Gasteiger partial charge is 0.462 e. The molecular formula is C56H94O6. The normalized spacial score (nSPS) is 12.8. The summed E-state index contributed by atoms with van der Waals surface area (Å²) in [5.41, 5.74) is 0. The van der Waals surface area contributed by atoms with E-state index in [2.05, 4.69) is 106 Å². The fraction of sp³-hybridized carbons (Fsp3) is 0.696. The van der Waals surface area contributed by atoms with Gasteiger partial charge in [0.15, 0.2) is 6.10 Å².